The molecule has 5 heteroatoms. The van der Waals surface area contributed by atoms with Crippen molar-refractivity contribution in [1.82, 2.24) is 5.32 Å². The Bertz CT molecular complexity index is 348. The van der Waals surface area contributed by atoms with Crippen LogP contribution in [0.15, 0.2) is 20.9 Å². The summed E-state index contributed by atoms with van der Waals surface area (Å²) < 4.78 is 1.19. The first kappa shape index (κ1) is 10.5. The van der Waals surface area contributed by atoms with Gasteiger partial charge in [0.2, 0.25) is 0 Å². The van der Waals surface area contributed by atoms with Crippen LogP contribution in [-0.4, -0.2) is 17.0 Å². The van der Waals surface area contributed by atoms with Gasteiger partial charge in [0.05, 0.1) is 13.1 Å². The lowest BCUT2D eigenvalue weighted by molar-refractivity contribution is 0.925. The minimum atomic E-state index is 0.629. The minimum Gasteiger partial charge on any atom is -0.360 e. The van der Waals surface area contributed by atoms with Crippen LogP contribution in [0.3, 0.4) is 0 Å². The van der Waals surface area contributed by atoms with Gasteiger partial charge >= 0.3 is 0 Å². The van der Waals surface area contributed by atoms with Gasteiger partial charge in [-0.3, -0.25) is 4.99 Å². The Hall–Kier alpha value is -0.000000000000000111. The maximum Gasteiger partial charge on any atom is 0.157 e. The molecule has 0 amide bonds. The van der Waals surface area contributed by atoms with Crippen molar-refractivity contribution < 1.29 is 0 Å². The molecule has 0 spiro atoms. The van der Waals surface area contributed by atoms with Crippen molar-refractivity contribution in [1.29, 1.82) is 0 Å². The fourth-order valence-electron chi connectivity index (χ4n) is 1.18. The maximum absolute atomic E-state index is 4.40. The summed E-state index contributed by atoms with van der Waals surface area (Å²) >= 11 is 7.09. The predicted molar refractivity (Wildman–Crippen MR) is 68.2 cm³/mol. The molecule has 0 bridgehead atoms. The molecule has 2 nitrogen and oxygen atoms in total. The average Bonchev–Trinajstić information content (AvgIpc) is 2.72. The topological polar surface area (TPSA) is 24.4 Å². The van der Waals surface area contributed by atoms with Crippen LogP contribution in [0, 0.1) is 0 Å². The Labute approximate surface area is 100 Å². The van der Waals surface area contributed by atoms with Gasteiger partial charge in [-0.05, 0) is 27.4 Å². The highest BCUT2D eigenvalue weighted by Gasteiger charge is 2.14. The molecule has 1 aliphatic heterocycles. The van der Waals surface area contributed by atoms with E-state index in [1.54, 1.807) is 11.3 Å². The molecule has 1 atom stereocenters. The van der Waals surface area contributed by atoms with Gasteiger partial charge in [-0.1, -0.05) is 18.7 Å². The highest BCUT2D eigenvalue weighted by Crippen LogP contribution is 2.23. The molecular formula is C9H11BrN2S2. The van der Waals surface area contributed by atoms with E-state index in [2.05, 4.69) is 44.6 Å². The van der Waals surface area contributed by atoms with Crippen LogP contribution in [0.5, 0.6) is 0 Å². The lowest BCUT2D eigenvalue weighted by Crippen LogP contribution is -2.18. The van der Waals surface area contributed by atoms with Gasteiger partial charge in [0, 0.05) is 14.6 Å². The van der Waals surface area contributed by atoms with E-state index in [1.807, 2.05) is 11.8 Å². The molecule has 1 aromatic heterocycles. The lowest BCUT2D eigenvalue weighted by atomic mass is 10.5. The summed E-state index contributed by atoms with van der Waals surface area (Å²) in [6, 6.07) is 2.08. The van der Waals surface area contributed by atoms with Crippen LogP contribution >= 0.6 is 39.0 Å². The number of thiophene rings is 1. The monoisotopic (exact) mass is 290 g/mol. The molecule has 2 rings (SSSR count). The molecule has 0 radical (unpaired) electrons. The number of thioether (sulfide) groups is 1. The number of hydrogen-bond acceptors (Lipinski definition) is 4. The third-order valence-electron chi connectivity index (χ3n) is 1.90. The van der Waals surface area contributed by atoms with Gasteiger partial charge in [-0.2, -0.15) is 0 Å². The second-order valence-electron chi connectivity index (χ2n) is 3.12. The minimum absolute atomic E-state index is 0.629. The summed E-state index contributed by atoms with van der Waals surface area (Å²) in [6.07, 6.45) is 0. The van der Waals surface area contributed by atoms with E-state index >= 15 is 0 Å². The highest BCUT2D eigenvalue weighted by atomic mass is 79.9. The van der Waals surface area contributed by atoms with Crippen LogP contribution in [0.1, 0.15) is 11.8 Å². The van der Waals surface area contributed by atoms with E-state index in [-0.39, 0.29) is 0 Å². The molecule has 0 saturated carbocycles. The first-order valence-electron chi connectivity index (χ1n) is 4.42. The Morgan fingerprint density at radius 1 is 1.71 bits per heavy atom. The Kier molecular flexibility index (Phi) is 3.52. The second kappa shape index (κ2) is 4.68. The molecule has 0 fully saturated rings. The molecule has 14 heavy (non-hydrogen) atoms. The van der Waals surface area contributed by atoms with Crippen molar-refractivity contribution in [3.63, 3.8) is 0 Å². The van der Waals surface area contributed by atoms with E-state index < -0.39 is 0 Å². The van der Waals surface area contributed by atoms with Gasteiger partial charge < -0.3 is 5.32 Å². The van der Waals surface area contributed by atoms with Crippen molar-refractivity contribution in [3.05, 3.63) is 20.8 Å². The van der Waals surface area contributed by atoms with Crippen LogP contribution in [0.25, 0.3) is 0 Å². The van der Waals surface area contributed by atoms with Gasteiger partial charge in [0.15, 0.2) is 5.17 Å². The fourth-order valence-corrected chi connectivity index (χ4v) is 3.45. The van der Waals surface area contributed by atoms with Crippen LogP contribution < -0.4 is 5.32 Å². The zero-order chi connectivity index (χ0) is 9.97. The molecule has 0 aromatic carbocycles. The Morgan fingerprint density at radius 3 is 3.14 bits per heavy atom. The van der Waals surface area contributed by atoms with Crippen molar-refractivity contribution in [2.24, 2.45) is 4.99 Å². The maximum atomic E-state index is 4.40. The quantitative estimate of drug-likeness (QED) is 0.905. The summed E-state index contributed by atoms with van der Waals surface area (Å²) in [6.45, 7) is 4.01. The van der Waals surface area contributed by atoms with Crippen LogP contribution in [0.2, 0.25) is 0 Å². The molecule has 76 valence electrons. The number of amidine groups is 1. The Balaban J connectivity index is 1.86. The second-order valence-corrected chi connectivity index (χ2v) is 6.40. The van der Waals surface area contributed by atoms with Crippen molar-refractivity contribution >= 4 is 44.2 Å². The van der Waals surface area contributed by atoms with E-state index in [9.17, 15) is 0 Å². The molecule has 1 unspecified atom stereocenters. The van der Waals surface area contributed by atoms with Crippen molar-refractivity contribution in [2.45, 2.75) is 18.7 Å². The largest absolute Gasteiger partial charge is 0.360 e. The summed E-state index contributed by atoms with van der Waals surface area (Å²) in [4.78, 5) is 5.73. The standard InChI is InChI=1S/C9H11BrN2S2/c1-6-4-11-9(14-6)12-5-8-7(10)2-3-13-8/h2-3,6H,4-5H2,1H3,(H,11,12). The lowest BCUT2D eigenvalue weighted by Gasteiger charge is -2.04. The molecule has 0 aliphatic carbocycles. The number of hydrogen-bond donors (Lipinski definition) is 1. The summed E-state index contributed by atoms with van der Waals surface area (Å²) in [5, 5.41) is 7.15. The van der Waals surface area contributed by atoms with Crippen molar-refractivity contribution in [2.75, 3.05) is 6.54 Å². The number of aliphatic imine (C=N–C) groups is 1. The zero-order valence-electron chi connectivity index (χ0n) is 7.79. The third-order valence-corrected chi connectivity index (χ3v) is 4.87. The van der Waals surface area contributed by atoms with Gasteiger partial charge in [0.25, 0.3) is 0 Å². The van der Waals surface area contributed by atoms with E-state index in [1.165, 1.54) is 9.35 Å². The van der Waals surface area contributed by atoms with Crippen LogP contribution in [0.4, 0.5) is 0 Å². The molecule has 1 N–H and O–H groups in total. The fraction of sp³-hybridized carbons (Fsp3) is 0.444. The van der Waals surface area contributed by atoms with Gasteiger partial charge in [-0.25, -0.2) is 0 Å². The normalized spacial score (nSPS) is 21.0. The smallest absolute Gasteiger partial charge is 0.157 e. The first-order valence-corrected chi connectivity index (χ1v) is 6.98. The number of halogens is 1. The summed E-state index contributed by atoms with van der Waals surface area (Å²) in [5.74, 6) is 0. The summed E-state index contributed by atoms with van der Waals surface area (Å²) in [5.41, 5.74) is 0. The number of nitrogens with zero attached hydrogens (tertiary/aromatic N) is 1. The zero-order valence-corrected chi connectivity index (χ0v) is 11.0. The van der Waals surface area contributed by atoms with E-state index in [0.29, 0.717) is 5.25 Å². The molecule has 0 saturated heterocycles. The number of nitrogens with one attached hydrogen (secondary N) is 1. The molecule has 1 aliphatic rings. The van der Waals surface area contributed by atoms with E-state index in [4.69, 9.17) is 0 Å². The predicted octanol–water partition coefficient (Wildman–Crippen LogP) is 3.09. The first-order chi connectivity index (χ1) is 6.75. The molecule has 2 heterocycles. The van der Waals surface area contributed by atoms with Gasteiger partial charge in [-0.15, -0.1) is 11.3 Å². The number of rotatable bonds is 2. The van der Waals surface area contributed by atoms with E-state index in [0.717, 1.165) is 18.3 Å². The molecular weight excluding hydrogens is 280 g/mol. The highest BCUT2D eigenvalue weighted by molar-refractivity contribution is 9.10. The van der Waals surface area contributed by atoms with Gasteiger partial charge in [0.1, 0.15) is 0 Å². The Morgan fingerprint density at radius 2 is 2.57 bits per heavy atom. The summed E-state index contributed by atoms with van der Waals surface area (Å²) in [7, 11) is 0. The van der Waals surface area contributed by atoms with Crippen molar-refractivity contribution in [3.8, 4) is 0 Å². The average molecular weight is 291 g/mol. The van der Waals surface area contributed by atoms with Crippen LogP contribution in [-0.2, 0) is 6.54 Å². The third kappa shape index (κ3) is 2.52. The molecule has 1 aromatic rings. The SMILES string of the molecule is CC1CN=C(NCc2sccc2Br)S1.